The van der Waals surface area contributed by atoms with Gasteiger partial charge in [0.05, 0.1) is 5.56 Å². The molecule has 0 radical (unpaired) electrons. The van der Waals surface area contributed by atoms with Crippen molar-refractivity contribution in [3.05, 3.63) is 52.7 Å². The van der Waals surface area contributed by atoms with Crippen molar-refractivity contribution in [1.29, 1.82) is 0 Å². The van der Waals surface area contributed by atoms with Gasteiger partial charge in [0.15, 0.2) is 0 Å². The van der Waals surface area contributed by atoms with Crippen LogP contribution in [0.3, 0.4) is 0 Å². The first kappa shape index (κ1) is 24.8. The number of piperidine rings is 1. The second kappa shape index (κ2) is 11.0. The highest BCUT2D eigenvalue weighted by atomic mass is 32.2. The van der Waals surface area contributed by atoms with Gasteiger partial charge < -0.3 is 10.2 Å². The standard InChI is InChI=1S/C24H30FN3O4S2/c25-21-7-5-18(6-8-21)16-26-23(29)19-9-13-28(14-10-19)34(31,32)22-15-20(17-33-22)24(30)27-11-3-1-2-4-12-27/h5-8,15,17,19H,1-4,9-14,16H2,(H,26,29). The number of amides is 2. The first-order chi connectivity index (χ1) is 16.3. The molecule has 0 unspecified atom stereocenters. The van der Waals surface area contributed by atoms with Crippen LogP contribution in [0.15, 0.2) is 39.9 Å². The molecule has 34 heavy (non-hydrogen) atoms. The minimum absolute atomic E-state index is 0.101. The molecule has 2 fully saturated rings. The maximum Gasteiger partial charge on any atom is 0.254 e. The van der Waals surface area contributed by atoms with Crippen LogP contribution in [0, 0.1) is 11.7 Å². The predicted octanol–water partition coefficient (Wildman–Crippen LogP) is 3.62. The lowest BCUT2D eigenvalue weighted by Gasteiger charge is -2.30. The van der Waals surface area contributed by atoms with Crippen molar-refractivity contribution in [2.24, 2.45) is 5.92 Å². The molecule has 2 saturated heterocycles. The number of hydrogen-bond donors (Lipinski definition) is 1. The minimum Gasteiger partial charge on any atom is -0.352 e. The maximum absolute atomic E-state index is 13.1. The lowest BCUT2D eigenvalue weighted by molar-refractivity contribution is -0.126. The van der Waals surface area contributed by atoms with E-state index in [-0.39, 0.29) is 40.8 Å². The Kier molecular flexibility index (Phi) is 8.00. The Labute approximate surface area is 204 Å². The van der Waals surface area contributed by atoms with Gasteiger partial charge in [0.25, 0.3) is 15.9 Å². The molecule has 0 aliphatic carbocycles. The minimum atomic E-state index is -3.71. The molecule has 2 aromatic rings. The SMILES string of the molecule is O=C(NCc1ccc(F)cc1)C1CCN(S(=O)(=O)c2cc(C(=O)N3CCCCCC3)cs2)CC1. The molecule has 2 aliphatic heterocycles. The number of sulfonamides is 1. The van der Waals surface area contributed by atoms with E-state index in [1.54, 1.807) is 17.5 Å². The molecular weight excluding hydrogens is 477 g/mol. The van der Waals surface area contributed by atoms with Crippen molar-refractivity contribution in [1.82, 2.24) is 14.5 Å². The van der Waals surface area contributed by atoms with Gasteiger partial charge in [-0.2, -0.15) is 4.31 Å². The third-order valence-corrected chi connectivity index (χ3v) is 9.83. The lowest BCUT2D eigenvalue weighted by atomic mass is 9.97. The number of carbonyl (C=O) groups is 2. The summed E-state index contributed by atoms with van der Waals surface area (Å²) in [4.78, 5) is 27.2. The number of rotatable bonds is 6. The highest BCUT2D eigenvalue weighted by Crippen LogP contribution is 2.29. The quantitative estimate of drug-likeness (QED) is 0.647. The Bertz CT molecular complexity index is 1100. The predicted molar refractivity (Wildman–Crippen MR) is 128 cm³/mol. The van der Waals surface area contributed by atoms with Crippen molar-refractivity contribution in [3.8, 4) is 0 Å². The summed E-state index contributed by atoms with van der Waals surface area (Å²) in [5.41, 5.74) is 1.23. The van der Waals surface area contributed by atoms with Crippen LogP contribution in [0.5, 0.6) is 0 Å². The third kappa shape index (κ3) is 5.84. The van der Waals surface area contributed by atoms with Crippen molar-refractivity contribution in [2.75, 3.05) is 26.2 Å². The van der Waals surface area contributed by atoms with E-state index in [4.69, 9.17) is 0 Å². The number of thiophene rings is 1. The Morgan fingerprint density at radius 2 is 1.65 bits per heavy atom. The number of halogens is 1. The summed E-state index contributed by atoms with van der Waals surface area (Å²) in [5, 5.41) is 4.49. The van der Waals surface area contributed by atoms with Crippen molar-refractivity contribution >= 4 is 33.2 Å². The van der Waals surface area contributed by atoms with Crippen LogP contribution in [-0.2, 0) is 21.4 Å². The fourth-order valence-electron chi connectivity index (χ4n) is 4.44. The molecule has 184 valence electrons. The van der Waals surface area contributed by atoms with Crippen LogP contribution < -0.4 is 5.32 Å². The molecule has 2 aliphatic rings. The average Bonchev–Trinajstić information content (AvgIpc) is 3.20. The van der Waals surface area contributed by atoms with Crippen molar-refractivity contribution in [2.45, 2.75) is 49.3 Å². The lowest BCUT2D eigenvalue weighted by Crippen LogP contribution is -2.42. The van der Waals surface area contributed by atoms with Crippen LogP contribution in [0.25, 0.3) is 0 Å². The van der Waals surface area contributed by atoms with Gasteiger partial charge in [-0.25, -0.2) is 12.8 Å². The molecule has 1 aromatic carbocycles. The topological polar surface area (TPSA) is 86.8 Å². The summed E-state index contributed by atoms with van der Waals surface area (Å²) < 4.78 is 40.9. The summed E-state index contributed by atoms with van der Waals surface area (Å²) in [7, 11) is -3.71. The second-order valence-electron chi connectivity index (χ2n) is 8.88. The molecule has 4 rings (SSSR count). The van der Waals surface area contributed by atoms with E-state index < -0.39 is 10.0 Å². The van der Waals surface area contributed by atoms with Crippen LogP contribution in [0.4, 0.5) is 4.39 Å². The number of nitrogens with one attached hydrogen (secondary N) is 1. The number of carbonyl (C=O) groups excluding carboxylic acids is 2. The zero-order valence-corrected chi connectivity index (χ0v) is 20.7. The van der Waals surface area contributed by atoms with E-state index in [2.05, 4.69) is 5.32 Å². The Hall–Kier alpha value is -2.30. The van der Waals surface area contributed by atoms with Gasteiger partial charge in [-0.15, -0.1) is 11.3 Å². The maximum atomic E-state index is 13.1. The molecule has 7 nitrogen and oxygen atoms in total. The fraction of sp³-hybridized carbons (Fsp3) is 0.500. The smallest absolute Gasteiger partial charge is 0.254 e. The first-order valence-corrected chi connectivity index (χ1v) is 14.1. The number of hydrogen-bond acceptors (Lipinski definition) is 5. The van der Waals surface area contributed by atoms with Gasteiger partial charge >= 0.3 is 0 Å². The van der Waals surface area contributed by atoms with E-state index >= 15 is 0 Å². The van der Waals surface area contributed by atoms with Gasteiger partial charge in [-0.1, -0.05) is 25.0 Å². The molecule has 0 bridgehead atoms. The number of nitrogens with zero attached hydrogens (tertiary/aromatic N) is 2. The van der Waals surface area contributed by atoms with E-state index in [0.29, 0.717) is 38.0 Å². The van der Waals surface area contributed by atoms with Gasteiger partial charge in [-0.3, -0.25) is 9.59 Å². The fourth-order valence-corrected chi connectivity index (χ4v) is 7.22. The summed E-state index contributed by atoms with van der Waals surface area (Å²) in [5.74, 6) is -0.817. The largest absolute Gasteiger partial charge is 0.352 e. The monoisotopic (exact) mass is 507 g/mol. The van der Waals surface area contributed by atoms with Gasteiger partial charge in [0.2, 0.25) is 5.91 Å². The third-order valence-electron chi connectivity index (χ3n) is 6.51. The van der Waals surface area contributed by atoms with Crippen molar-refractivity contribution in [3.63, 3.8) is 0 Å². The van der Waals surface area contributed by atoms with E-state index in [9.17, 15) is 22.4 Å². The molecule has 1 aromatic heterocycles. The normalized spacial score (nSPS) is 18.4. The highest BCUT2D eigenvalue weighted by molar-refractivity contribution is 7.91. The zero-order valence-electron chi connectivity index (χ0n) is 19.0. The van der Waals surface area contributed by atoms with E-state index in [1.165, 1.54) is 22.5 Å². The second-order valence-corrected chi connectivity index (χ2v) is 12.0. The Morgan fingerprint density at radius 3 is 2.29 bits per heavy atom. The van der Waals surface area contributed by atoms with Crippen LogP contribution in [0.2, 0.25) is 0 Å². The van der Waals surface area contributed by atoms with Gasteiger partial charge in [0, 0.05) is 44.0 Å². The molecule has 3 heterocycles. The summed E-state index contributed by atoms with van der Waals surface area (Å²) in [6.45, 7) is 2.25. The molecule has 10 heteroatoms. The number of likely N-dealkylation sites (tertiary alicyclic amines) is 1. The van der Waals surface area contributed by atoms with Crippen molar-refractivity contribution < 1.29 is 22.4 Å². The average molecular weight is 508 g/mol. The summed E-state index contributed by atoms with van der Waals surface area (Å²) >= 11 is 1.08. The van der Waals surface area contributed by atoms with Gasteiger partial charge in [0.1, 0.15) is 10.0 Å². The van der Waals surface area contributed by atoms with E-state index in [0.717, 1.165) is 42.6 Å². The van der Waals surface area contributed by atoms with Gasteiger partial charge in [-0.05, 0) is 49.4 Å². The van der Waals surface area contributed by atoms with E-state index in [1.807, 2.05) is 4.90 Å². The molecule has 0 spiro atoms. The first-order valence-electron chi connectivity index (χ1n) is 11.7. The molecule has 1 N–H and O–H groups in total. The Morgan fingerprint density at radius 1 is 1.00 bits per heavy atom. The molecule has 0 saturated carbocycles. The summed E-state index contributed by atoms with van der Waals surface area (Å²) in [6.07, 6.45) is 5.06. The van der Waals surface area contributed by atoms with Crippen LogP contribution >= 0.6 is 11.3 Å². The molecule has 2 amide bonds. The molecule has 0 atom stereocenters. The highest BCUT2D eigenvalue weighted by Gasteiger charge is 2.33. The number of benzene rings is 1. The van der Waals surface area contributed by atoms with Crippen LogP contribution in [0.1, 0.15) is 54.4 Å². The Balaban J connectivity index is 1.31. The molecular formula is C24H30FN3O4S2. The zero-order chi connectivity index (χ0) is 24.1. The van der Waals surface area contributed by atoms with Crippen LogP contribution in [-0.4, -0.2) is 55.6 Å². The summed E-state index contributed by atoms with van der Waals surface area (Å²) in [6, 6.07) is 7.44.